The molecule has 30 heavy (non-hydrogen) atoms. The molecule has 0 unspecified atom stereocenters. The Labute approximate surface area is 177 Å². The van der Waals surface area contributed by atoms with Crippen molar-refractivity contribution in [3.8, 4) is 0 Å². The van der Waals surface area contributed by atoms with Gasteiger partial charge in [-0.15, -0.1) is 0 Å². The van der Waals surface area contributed by atoms with E-state index in [0.717, 1.165) is 11.4 Å². The summed E-state index contributed by atoms with van der Waals surface area (Å²) in [6.07, 6.45) is 0. The zero-order valence-electron chi connectivity index (χ0n) is 17.1. The first kappa shape index (κ1) is 21.5. The highest BCUT2D eigenvalue weighted by Crippen LogP contribution is 2.20. The monoisotopic (exact) mass is 423 g/mol. The Balaban J connectivity index is 1.64. The van der Waals surface area contributed by atoms with Crippen molar-refractivity contribution in [2.45, 2.75) is 31.2 Å². The minimum absolute atomic E-state index is 0.116. The Bertz CT molecular complexity index is 1100. The predicted molar refractivity (Wildman–Crippen MR) is 121 cm³/mol. The number of nitrogens with one attached hydrogen (secondary N) is 3. The number of carbonyl (C=O) groups excluding carboxylic acids is 1. The summed E-state index contributed by atoms with van der Waals surface area (Å²) in [6.45, 7) is 5.31. The van der Waals surface area contributed by atoms with Crippen LogP contribution in [0.15, 0.2) is 83.8 Å². The van der Waals surface area contributed by atoms with Gasteiger partial charge in [0.15, 0.2) is 0 Å². The molecule has 3 aromatic rings. The van der Waals surface area contributed by atoms with Gasteiger partial charge in [-0.2, -0.15) is 0 Å². The molecular weight excluding hydrogens is 398 g/mol. The van der Waals surface area contributed by atoms with Gasteiger partial charge in [0.2, 0.25) is 10.0 Å². The van der Waals surface area contributed by atoms with Gasteiger partial charge in [-0.25, -0.2) is 13.1 Å². The number of amides is 1. The van der Waals surface area contributed by atoms with Gasteiger partial charge >= 0.3 is 0 Å². The first-order valence-corrected chi connectivity index (χ1v) is 11.0. The van der Waals surface area contributed by atoms with Crippen LogP contribution >= 0.6 is 0 Å². The molecule has 1 amide bonds. The summed E-state index contributed by atoms with van der Waals surface area (Å²) in [5.74, 6) is -0.313. The molecule has 3 N–H and O–H groups in total. The minimum Gasteiger partial charge on any atom is -0.356 e. The van der Waals surface area contributed by atoms with Gasteiger partial charge in [-0.1, -0.05) is 18.2 Å². The maximum absolute atomic E-state index is 12.5. The van der Waals surface area contributed by atoms with Gasteiger partial charge in [-0.05, 0) is 81.4 Å². The third-order valence-corrected chi connectivity index (χ3v) is 5.85. The molecular formula is C23H25N3O3S. The standard InChI is InChI=1S/C23H25N3O3S/c1-23(2,3)26-30(28,29)21-15-9-17(10-16-21)22(27)25-20-13-11-19(12-14-20)24-18-7-5-4-6-8-18/h4-16,24,26H,1-3H3,(H,25,27). The molecule has 3 rings (SSSR count). The van der Waals surface area contributed by atoms with E-state index in [-0.39, 0.29) is 10.8 Å². The summed E-state index contributed by atoms with van der Waals surface area (Å²) < 4.78 is 27.3. The Hall–Kier alpha value is -3.16. The summed E-state index contributed by atoms with van der Waals surface area (Å²) >= 11 is 0. The number of benzene rings is 3. The van der Waals surface area contributed by atoms with Crippen molar-refractivity contribution in [2.75, 3.05) is 10.6 Å². The number of sulfonamides is 1. The quantitative estimate of drug-likeness (QED) is 0.533. The first-order valence-electron chi connectivity index (χ1n) is 9.50. The van der Waals surface area contributed by atoms with Crippen LogP contribution in [0.3, 0.4) is 0 Å². The Morgan fingerprint density at radius 3 is 1.83 bits per heavy atom. The highest BCUT2D eigenvalue weighted by Gasteiger charge is 2.22. The van der Waals surface area contributed by atoms with E-state index in [4.69, 9.17) is 0 Å². The summed E-state index contributed by atoms with van der Waals surface area (Å²) in [6, 6.07) is 23.0. The van der Waals surface area contributed by atoms with Gasteiger partial charge in [0.1, 0.15) is 0 Å². The average Bonchev–Trinajstić information content (AvgIpc) is 2.68. The van der Waals surface area contributed by atoms with E-state index in [0.29, 0.717) is 11.3 Å². The Morgan fingerprint density at radius 1 is 0.733 bits per heavy atom. The van der Waals surface area contributed by atoms with Crippen LogP contribution in [0, 0.1) is 0 Å². The van der Waals surface area contributed by atoms with Crippen LogP contribution in [0.25, 0.3) is 0 Å². The van der Waals surface area contributed by atoms with Crippen LogP contribution in [-0.2, 0) is 10.0 Å². The average molecular weight is 424 g/mol. The third-order valence-electron chi connectivity index (χ3n) is 4.07. The fourth-order valence-corrected chi connectivity index (χ4v) is 4.19. The maximum atomic E-state index is 12.5. The van der Waals surface area contributed by atoms with Crippen molar-refractivity contribution < 1.29 is 13.2 Å². The second-order valence-corrected chi connectivity index (χ2v) is 9.58. The smallest absolute Gasteiger partial charge is 0.255 e. The van der Waals surface area contributed by atoms with Crippen molar-refractivity contribution in [2.24, 2.45) is 0 Å². The van der Waals surface area contributed by atoms with Crippen molar-refractivity contribution in [1.29, 1.82) is 0 Å². The Kier molecular flexibility index (Phi) is 6.24. The van der Waals surface area contributed by atoms with E-state index in [1.807, 2.05) is 42.5 Å². The van der Waals surface area contributed by atoms with Gasteiger partial charge in [0, 0.05) is 28.2 Å². The van der Waals surface area contributed by atoms with E-state index in [1.54, 1.807) is 32.9 Å². The predicted octanol–water partition coefficient (Wildman–Crippen LogP) is 4.76. The van der Waals surface area contributed by atoms with Gasteiger partial charge in [0.25, 0.3) is 5.91 Å². The van der Waals surface area contributed by atoms with Crippen LogP contribution in [0.5, 0.6) is 0 Å². The van der Waals surface area contributed by atoms with Crippen LogP contribution in [0.4, 0.5) is 17.1 Å². The van der Waals surface area contributed by atoms with Crippen molar-refractivity contribution >= 4 is 33.0 Å². The van der Waals surface area contributed by atoms with Crippen molar-refractivity contribution in [3.63, 3.8) is 0 Å². The highest BCUT2D eigenvalue weighted by molar-refractivity contribution is 7.89. The molecule has 0 radical (unpaired) electrons. The molecule has 0 aromatic heterocycles. The molecule has 3 aromatic carbocycles. The topological polar surface area (TPSA) is 87.3 Å². The second kappa shape index (κ2) is 8.69. The SMILES string of the molecule is CC(C)(C)NS(=O)(=O)c1ccc(C(=O)Nc2ccc(Nc3ccccc3)cc2)cc1. The summed E-state index contributed by atoms with van der Waals surface area (Å²) in [5, 5.41) is 6.09. The van der Waals surface area contributed by atoms with E-state index >= 15 is 0 Å². The number of carbonyl (C=O) groups is 1. The fourth-order valence-electron chi connectivity index (χ4n) is 2.78. The number of rotatable bonds is 6. The molecule has 0 aliphatic heterocycles. The van der Waals surface area contributed by atoms with Crippen molar-refractivity contribution in [1.82, 2.24) is 4.72 Å². The molecule has 7 heteroatoms. The van der Waals surface area contributed by atoms with E-state index in [2.05, 4.69) is 15.4 Å². The van der Waals surface area contributed by atoms with Crippen LogP contribution < -0.4 is 15.4 Å². The van der Waals surface area contributed by atoms with Crippen LogP contribution in [0.1, 0.15) is 31.1 Å². The summed E-state index contributed by atoms with van der Waals surface area (Å²) in [4.78, 5) is 12.6. The van der Waals surface area contributed by atoms with Crippen LogP contribution in [0.2, 0.25) is 0 Å². The molecule has 6 nitrogen and oxygen atoms in total. The lowest BCUT2D eigenvalue weighted by Crippen LogP contribution is -2.40. The number of hydrogen-bond acceptors (Lipinski definition) is 4. The molecule has 0 saturated carbocycles. The molecule has 0 saturated heterocycles. The molecule has 0 spiro atoms. The van der Waals surface area contributed by atoms with E-state index in [9.17, 15) is 13.2 Å². The highest BCUT2D eigenvalue weighted by atomic mass is 32.2. The fraction of sp³-hybridized carbons (Fsp3) is 0.174. The lowest BCUT2D eigenvalue weighted by molar-refractivity contribution is 0.102. The summed E-state index contributed by atoms with van der Waals surface area (Å²) in [5.41, 5.74) is 2.31. The van der Waals surface area contributed by atoms with Gasteiger partial charge < -0.3 is 10.6 Å². The zero-order chi connectivity index (χ0) is 21.8. The zero-order valence-corrected chi connectivity index (χ0v) is 18.0. The molecule has 0 atom stereocenters. The number of hydrogen-bond donors (Lipinski definition) is 3. The molecule has 0 fully saturated rings. The first-order chi connectivity index (χ1) is 14.1. The molecule has 0 aliphatic rings. The van der Waals surface area contributed by atoms with Crippen LogP contribution in [-0.4, -0.2) is 19.9 Å². The summed E-state index contributed by atoms with van der Waals surface area (Å²) in [7, 11) is -3.64. The number of anilines is 3. The van der Waals surface area contributed by atoms with Crippen molar-refractivity contribution in [3.05, 3.63) is 84.4 Å². The lowest BCUT2D eigenvalue weighted by atomic mass is 10.1. The molecule has 0 bridgehead atoms. The molecule has 156 valence electrons. The normalized spacial score (nSPS) is 11.7. The third kappa shape index (κ3) is 5.92. The molecule has 0 heterocycles. The number of para-hydroxylation sites is 1. The largest absolute Gasteiger partial charge is 0.356 e. The van der Waals surface area contributed by atoms with E-state index < -0.39 is 15.6 Å². The van der Waals surface area contributed by atoms with Gasteiger partial charge in [-0.3, -0.25) is 4.79 Å². The minimum atomic E-state index is -3.64. The van der Waals surface area contributed by atoms with E-state index in [1.165, 1.54) is 24.3 Å². The second-order valence-electron chi connectivity index (χ2n) is 7.90. The lowest BCUT2D eigenvalue weighted by Gasteiger charge is -2.20. The molecule has 0 aliphatic carbocycles. The van der Waals surface area contributed by atoms with Gasteiger partial charge in [0.05, 0.1) is 4.90 Å². The Morgan fingerprint density at radius 2 is 1.27 bits per heavy atom. The maximum Gasteiger partial charge on any atom is 0.255 e.